The predicted molar refractivity (Wildman–Crippen MR) is 142 cm³/mol. The third kappa shape index (κ3) is 5.93. The van der Waals surface area contributed by atoms with Gasteiger partial charge in [-0.3, -0.25) is 4.90 Å². The van der Waals surface area contributed by atoms with Crippen LogP contribution in [0.15, 0.2) is 29.8 Å². The molecule has 184 valence electrons. The van der Waals surface area contributed by atoms with Gasteiger partial charge in [0.2, 0.25) is 0 Å². The topological polar surface area (TPSA) is 23.5 Å². The van der Waals surface area contributed by atoms with E-state index in [9.17, 15) is 5.11 Å². The molecule has 0 amide bonds. The Labute approximate surface area is 203 Å². The van der Waals surface area contributed by atoms with E-state index >= 15 is 0 Å². The van der Waals surface area contributed by atoms with Crippen LogP contribution in [0.25, 0.3) is 6.08 Å². The Kier molecular flexibility index (Phi) is 7.76. The van der Waals surface area contributed by atoms with Crippen molar-refractivity contribution in [1.82, 2.24) is 4.90 Å². The summed E-state index contributed by atoms with van der Waals surface area (Å²) in [5.74, 6) is 0. The standard InChI is InChI=1S/C31H49NO/c1-29(2,24-30(3,4)31(33)19-8-6-5-7-9-20-31)27-15-13-25(14-16-27)23-26-17-21-32(22-18-26)28-11-10-12-28/h13-16,23,28,33H,5-12,17-22,24H2,1-4H3. The maximum atomic E-state index is 11.7. The zero-order valence-electron chi connectivity index (χ0n) is 22.0. The first kappa shape index (κ1) is 25.0. The lowest BCUT2D eigenvalue weighted by atomic mass is 9.61. The molecule has 1 aromatic carbocycles. The summed E-state index contributed by atoms with van der Waals surface area (Å²) in [6.45, 7) is 11.9. The van der Waals surface area contributed by atoms with Gasteiger partial charge in [-0.1, -0.05) is 102 Å². The summed E-state index contributed by atoms with van der Waals surface area (Å²) in [6, 6.07) is 10.2. The first-order chi connectivity index (χ1) is 15.7. The second-order valence-electron chi connectivity index (χ2n) is 12.8. The largest absolute Gasteiger partial charge is 0.389 e. The lowest BCUT2D eigenvalue weighted by molar-refractivity contribution is -0.0964. The molecule has 0 unspecified atom stereocenters. The molecular weight excluding hydrogens is 402 g/mol. The number of rotatable bonds is 6. The van der Waals surface area contributed by atoms with Gasteiger partial charge >= 0.3 is 0 Å². The van der Waals surface area contributed by atoms with Gasteiger partial charge in [-0.05, 0) is 66.9 Å². The van der Waals surface area contributed by atoms with Gasteiger partial charge in [0.25, 0.3) is 0 Å². The normalized spacial score (nSPS) is 23.5. The molecule has 1 aromatic rings. The highest BCUT2D eigenvalue weighted by molar-refractivity contribution is 5.54. The highest BCUT2D eigenvalue weighted by Gasteiger charge is 2.45. The van der Waals surface area contributed by atoms with Gasteiger partial charge in [0, 0.05) is 19.1 Å². The molecule has 0 bridgehead atoms. The Morgan fingerprint density at radius 2 is 1.45 bits per heavy atom. The van der Waals surface area contributed by atoms with E-state index in [0.717, 1.165) is 25.3 Å². The summed E-state index contributed by atoms with van der Waals surface area (Å²) < 4.78 is 0. The SMILES string of the molecule is CC(C)(CC(C)(C)C1(O)CCCCCCC1)c1ccc(C=C2CCN(C3CCC3)CC2)cc1. The van der Waals surface area contributed by atoms with Crippen LogP contribution in [0.4, 0.5) is 0 Å². The van der Waals surface area contributed by atoms with Crippen LogP contribution in [0.5, 0.6) is 0 Å². The minimum absolute atomic E-state index is 0.0430. The minimum atomic E-state index is -0.538. The number of hydrogen-bond acceptors (Lipinski definition) is 2. The Balaban J connectivity index is 1.38. The van der Waals surface area contributed by atoms with Gasteiger partial charge in [0.1, 0.15) is 0 Å². The molecule has 1 aliphatic heterocycles. The highest BCUT2D eigenvalue weighted by Crippen LogP contribution is 2.48. The Morgan fingerprint density at radius 3 is 2.00 bits per heavy atom. The van der Waals surface area contributed by atoms with E-state index in [2.05, 4.69) is 62.9 Å². The maximum absolute atomic E-state index is 11.7. The molecule has 2 nitrogen and oxygen atoms in total. The number of piperidine rings is 1. The van der Waals surface area contributed by atoms with Crippen LogP contribution in [0.3, 0.4) is 0 Å². The summed E-state index contributed by atoms with van der Waals surface area (Å²) in [5.41, 5.74) is 3.77. The van der Waals surface area contributed by atoms with Crippen molar-refractivity contribution in [3.05, 3.63) is 41.0 Å². The number of aliphatic hydroxyl groups is 1. The summed E-state index contributed by atoms with van der Waals surface area (Å²) in [6.07, 6.45) is 18.3. The van der Waals surface area contributed by atoms with E-state index in [1.54, 1.807) is 5.57 Å². The zero-order valence-corrected chi connectivity index (χ0v) is 22.0. The molecule has 0 spiro atoms. The molecule has 3 fully saturated rings. The van der Waals surface area contributed by atoms with Gasteiger partial charge in [0.05, 0.1) is 5.60 Å². The summed E-state index contributed by atoms with van der Waals surface area (Å²) in [5, 5.41) is 11.7. The van der Waals surface area contributed by atoms with Crippen molar-refractivity contribution in [2.45, 2.75) is 128 Å². The monoisotopic (exact) mass is 451 g/mol. The van der Waals surface area contributed by atoms with Gasteiger partial charge in [-0.15, -0.1) is 0 Å². The van der Waals surface area contributed by atoms with Crippen LogP contribution in [0, 0.1) is 5.41 Å². The van der Waals surface area contributed by atoms with Crippen LogP contribution in [-0.4, -0.2) is 34.7 Å². The van der Waals surface area contributed by atoms with Gasteiger partial charge in [-0.2, -0.15) is 0 Å². The smallest absolute Gasteiger partial charge is 0.0698 e. The molecule has 0 atom stereocenters. The van der Waals surface area contributed by atoms with E-state index in [-0.39, 0.29) is 10.8 Å². The number of nitrogens with zero attached hydrogens (tertiary/aromatic N) is 1. The average molecular weight is 452 g/mol. The molecule has 2 heteroatoms. The molecule has 33 heavy (non-hydrogen) atoms. The van der Waals surface area contributed by atoms with Crippen LogP contribution < -0.4 is 0 Å². The van der Waals surface area contributed by atoms with E-state index in [1.807, 2.05) is 0 Å². The second kappa shape index (κ2) is 10.2. The fraction of sp³-hybridized carbons (Fsp3) is 0.742. The van der Waals surface area contributed by atoms with Crippen molar-refractivity contribution in [1.29, 1.82) is 0 Å². The Bertz CT molecular complexity index is 781. The fourth-order valence-corrected chi connectivity index (χ4v) is 6.88. The molecule has 1 heterocycles. The van der Waals surface area contributed by atoms with E-state index < -0.39 is 5.60 Å². The van der Waals surface area contributed by atoms with Crippen molar-refractivity contribution in [3.8, 4) is 0 Å². The lowest BCUT2D eigenvalue weighted by Gasteiger charge is -2.48. The maximum Gasteiger partial charge on any atom is 0.0698 e. The molecule has 1 saturated heterocycles. The predicted octanol–water partition coefficient (Wildman–Crippen LogP) is 7.89. The van der Waals surface area contributed by atoms with Crippen LogP contribution >= 0.6 is 0 Å². The van der Waals surface area contributed by atoms with E-state index in [0.29, 0.717) is 0 Å². The number of benzene rings is 1. The quantitative estimate of drug-likeness (QED) is 0.475. The Morgan fingerprint density at radius 1 is 0.879 bits per heavy atom. The molecule has 1 N–H and O–H groups in total. The molecule has 3 aliphatic rings. The zero-order chi connectivity index (χ0) is 23.5. The van der Waals surface area contributed by atoms with Crippen LogP contribution in [-0.2, 0) is 5.41 Å². The highest BCUT2D eigenvalue weighted by atomic mass is 16.3. The van der Waals surface area contributed by atoms with Crippen LogP contribution in [0.1, 0.15) is 122 Å². The molecule has 0 aromatic heterocycles. The van der Waals surface area contributed by atoms with Crippen molar-refractivity contribution < 1.29 is 5.11 Å². The van der Waals surface area contributed by atoms with Gasteiger partial charge < -0.3 is 5.11 Å². The first-order valence-corrected chi connectivity index (χ1v) is 14.0. The average Bonchev–Trinajstić information content (AvgIpc) is 2.70. The van der Waals surface area contributed by atoms with Gasteiger partial charge in [0.15, 0.2) is 0 Å². The summed E-state index contributed by atoms with van der Waals surface area (Å²) in [7, 11) is 0. The second-order valence-corrected chi connectivity index (χ2v) is 12.8. The van der Waals surface area contributed by atoms with Crippen molar-refractivity contribution in [2.75, 3.05) is 13.1 Å². The van der Waals surface area contributed by atoms with Crippen molar-refractivity contribution in [2.24, 2.45) is 5.41 Å². The number of hydrogen-bond donors (Lipinski definition) is 1. The van der Waals surface area contributed by atoms with E-state index in [1.165, 1.54) is 88.4 Å². The molecule has 4 rings (SSSR count). The summed E-state index contributed by atoms with van der Waals surface area (Å²) in [4.78, 5) is 2.72. The third-order valence-corrected chi connectivity index (χ3v) is 9.42. The third-order valence-electron chi connectivity index (χ3n) is 9.42. The summed E-state index contributed by atoms with van der Waals surface area (Å²) >= 11 is 0. The Hall–Kier alpha value is -1.12. The molecule has 2 saturated carbocycles. The van der Waals surface area contributed by atoms with E-state index in [4.69, 9.17) is 0 Å². The van der Waals surface area contributed by atoms with Crippen molar-refractivity contribution >= 4 is 6.08 Å². The van der Waals surface area contributed by atoms with Crippen LogP contribution in [0.2, 0.25) is 0 Å². The minimum Gasteiger partial charge on any atom is -0.389 e. The van der Waals surface area contributed by atoms with Crippen molar-refractivity contribution in [3.63, 3.8) is 0 Å². The molecule has 2 aliphatic carbocycles. The lowest BCUT2D eigenvalue weighted by Crippen LogP contribution is -2.48. The number of likely N-dealkylation sites (tertiary alicyclic amines) is 1. The van der Waals surface area contributed by atoms with Gasteiger partial charge in [-0.25, -0.2) is 0 Å². The molecule has 0 radical (unpaired) electrons. The fourth-order valence-electron chi connectivity index (χ4n) is 6.88. The first-order valence-electron chi connectivity index (χ1n) is 14.0. The molecular formula is C31H49NO.